The maximum atomic E-state index is 12.9. The number of carbonyl (C=O) groups is 1. The fraction of sp³-hybridized carbons (Fsp3) is 0.233. The number of nitrogens with zero attached hydrogens (tertiary/aromatic N) is 6. The van der Waals surface area contributed by atoms with E-state index in [1.807, 2.05) is 55.5 Å². The molecule has 0 aliphatic carbocycles. The summed E-state index contributed by atoms with van der Waals surface area (Å²) in [6, 6.07) is 20.7. The molecule has 3 heterocycles. The molecule has 1 aliphatic heterocycles. The van der Waals surface area contributed by atoms with Gasteiger partial charge in [0, 0.05) is 50.0 Å². The van der Waals surface area contributed by atoms with Crippen molar-refractivity contribution < 1.29 is 4.79 Å². The Hall–Kier alpha value is -4.65. The maximum absolute atomic E-state index is 12.9. The minimum atomic E-state index is -0.197. The molecule has 0 unspecified atom stereocenters. The number of aryl methyl sites for hydroxylation is 1. The second kappa shape index (κ2) is 11.8. The highest BCUT2D eigenvalue weighted by Gasteiger charge is 2.15. The second-order valence-corrected chi connectivity index (χ2v) is 9.67. The first kappa shape index (κ1) is 26.0. The average Bonchev–Trinajstić information content (AvgIpc) is 2.96. The lowest BCUT2D eigenvalue weighted by molar-refractivity contribution is 0.102. The van der Waals surface area contributed by atoms with Gasteiger partial charge in [-0.2, -0.15) is 5.26 Å². The third-order valence-corrected chi connectivity index (χ3v) is 6.77. The SMILES string of the molecule is Cc1ncc(NC(=O)c2ccc(CN3CCN(C)CC3)cc2)cc1Nc1nccc(-c2ccc(C#N)cc2)n1. The Morgan fingerprint density at radius 1 is 1.00 bits per heavy atom. The Labute approximate surface area is 228 Å². The molecule has 2 N–H and O–H groups in total. The number of aromatic nitrogens is 3. The van der Waals surface area contributed by atoms with E-state index in [2.05, 4.69) is 48.5 Å². The first-order valence-corrected chi connectivity index (χ1v) is 12.9. The number of anilines is 3. The van der Waals surface area contributed by atoms with Crippen molar-refractivity contribution in [3.05, 3.63) is 95.4 Å². The summed E-state index contributed by atoms with van der Waals surface area (Å²) in [6.45, 7) is 7.03. The highest BCUT2D eigenvalue weighted by molar-refractivity contribution is 6.04. The van der Waals surface area contributed by atoms with Gasteiger partial charge in [0.05, 0.1) is 40.6 Å². The monoisotopic (exact) mass is 518 g/mol. The van der Waals surface area contributed by atoms with Crippen LogP contribution in [0.2, 0.25) is 0 Å². The normalized spacial score (nSPS) is 14.0. The number of rotatable bonds is 7. The van der Waals surface area contributed by atoms with Crippen LogP contribution in [-0.4, -0.2) is 63.9 Å². The lowest BCUT2D eigenvalue weighted by atomic mass is 10.1. The molecule has 0 bridgehead atoms. The molecule has 9 heteroatoms. The van der Waals surface area contributed by atoms with Crippen molar-refractivity contribution >= 4 is 23.2 Å². The number of hydrogen-bond donors (Lipinski definition) is 2. The van der Waals surface area contributed by atoms with Gasteiger partial charge in [0.2, 0.25) is 5.95 Å². The van der Waals surface area contributed by atoms with Crippen LogP contribution in [0, 0.1) is 18.3 Å². The maximum Gasteiger partial charge on any atom is 0.255 e. The van der Waals surface area contributed by atoms with Crippen molar-refractivity contribution in [2.45, 2.75) is 13.5 Å². The van der Waals surface area contributed by atoms with Gasteiger partial charge in [0.25, 0.3) is 5.91 Å². The summed E-state index contributed by atoms with van der Waals surface area (Å²) < 4.78 is 0. The van der Waals surface area contributed by atoms with Crippen molar-refractivity contribution in [1.29, 1.82) is 5.26 Å². The average molecular weight is 519 g/mol. The van der Waals surface area contributed by atoms with E-state index in [1.165, 1.54) is 5.56 Å². The van der Waals surface area contributed by atoms with Crippen LogP contribution in [-0.2, 0) is 6.54 Å². The predicted octanol–water partition coefficient (Wildman–Crippen LogP) is 4.46. The van der Waals surface area contributed by atoms with E-state index >= 15 is 0 Å². The minimum absolute atomic E-state index is 0.197. The fourth-order valence-electron chi connectivity index (χ4n) is 4.37. The predicted molar refractivity (Wildman–Crippen MR) is 152 cm³/mol. The molecule has 0 spiro atoms. The van der Waals surface area contributed by atoms with Crippen molar-refractivity contribution in [3.8, 4) is 17.3 Å². The smallest absolute Gasteiger partial charge is 0.255 e. The largest absolute Gasteiger partial charge is 0.322 e. The molecule has 1 saturated heterocycles. The Kier molecular flexibility index (Phi) is 7.87. The Balaban J connectivity index is 1.24. The van der Waals surface area contributed by atoms with Gasteiger partial charge in [-0.1, -0.05) is 24.3 Å². The molecule has 2 aromatic heterocycles. The number of amides is 1. The summed E-state index contributed by atoms with van der Waals surface area (Å²) in [4.78, 5) is 31.1. The van der Waals surface area contributed by atoms with Crippen molar-refractivity contribution in [1.82, 2.24) is 24.8 Å². The summed E-state index contributed by atoms with van der Waals surface area (Å²) in [5, 5.41) is 15.2. The molecule has 9 nitrogen and oxygen atoms in total. The number of pyridine rings is 1. The van der Waals surface area contributed by atoms with Gasteiger partial charge in [0.15, 0.2) is 0 Å². The lowest BCUT2D eigenvalue weighted by Crippen LogP contribution is -2.43. The zero-order valence-electron chi connectivity index (χ0n) is 22.1. The molecule has 4 aromatic rings. The molecule has 196 valence electrons. The fourth-order valence-corrected chi connectivity index (χ4v) is 4.37. The Morgan fingerprint density at radius 3 is 2.46 bits per heavy atom. The number of likely N-dealkylation sites (N-methyl/N-ethyl adjacent to an activating group) is 1. The number of benzene rings is 2. The topological polar surface area (TPSA) is 110 Å². The van der Waals surface area contributed by atoms with E-state index in [9.17, 15) is 4.79 Å². The molecule has 39 heavy (non-hydrogen) atoms. The first-order valence-electron chi connectivity index (χ1n) is 12.9. The quantitative estimate of drug-likeness (QED) is 0.369. The number of carbonyl (C=O) groups excluding carboxylic acids is 1. The Bertz CT molecular complexity index is 1490. The van der Waals surface area contributed by atoms with E-state index in [-0.39, 0.29) is 5.91 Å². The molecule has 0 atom stereocenters. The van der Waals surface area contributed by atoms with Crippen LogP contribution < -0.4 is 10.6 Å². The van der Waals surface area contributed by atoms with E-state index in [0.29, 0.717) is 28.5 Å². The van der Waals surface area contributed by atoms with Crippen LogP contribution in [0.1, 0.15) is 27.2 Å². The van der Waals surface area contributed by atoms with E-state index in [0.717, 1.165) is 49.7 Å². The van der Waals surface area contributed by atoms with Crippen molar-refractivity contribution in [3.63, 3.8) is 0 Å². The van der Waals surface area contributed by atoms with Crippen LogP contribution in [0.5, 0.6) is 0 Å². The molecule has 1 amide bonds. The molecular weight excluding hydrogens is 488 g/mol. The molecule has 2 aromatic carbocycles. The zero-order valence-corrected chi connectivity index (χ0v) is 22.1. The lowest BCUT2D eigenvalue weighted by Gasteiger charge is -2.32. The van der Waals surface area contributed by atoms with Gasteiger partial charge in [-0.3, -0.25) is 14.7 Å². The summed E-state index contributed by atoms with van der Waals surface area (Å²) in [5.41, 5.74) is 5.98. The van der Waals surface area contributed by atoms with Crippen LogP contribution >= 0.6 is 0 Å². The summed E-state index contributed by atoms with van der Waals surface area (Å²) in [6.07, 6.45) is 3.30. The molecule has 0 radical (unpaired) electrons. The summed E-state index contributed by atoms with van der Waals surface area (Å²) >= 11 is 0. The molecule has 1 aliphatic rings. The number of piperazine rings is 1. The van der Waals surface area contributed by atoms with Crippen LogP contribution in [0.25, 0.3) is 11.3 Å². The van der Waals surface area contributed by atoms with Gasteiger partial charge in [-0.05, 0) is 55.9 Å². The summed E-state index contributed by atoms with van der Waals surface area (Å²) in [5.74, 6) is 0.206. The number of nitrogens with one attached hydrogen (secondary N) is 2. The van der Waals surface area contributed by atoms with Crippen LogP contribution in [0.3, 0.4) is 0 Å². The van der Waals surface area contributed by atoms with Gasteiger partial charge >= 0.3 is 0 Å². The zero-order chi connectivity index (χ0) is 27.2. The Morgan fingerprint density at radius 2 is 1.74 bits per heavy atom. The third-order valence-electron chi connectivity index (χ3n) is 6.77. The van der Waals surface area contributed by atoms with Gasteiger partial charge in [-0.15, -0.1) is 0 Å². The second-order valence-electron chi connectivity index (χ2n) is 9.67. The minimum Gasteiger partial charge on any atom is -0.322 e. The molecule has 5 rings (SSSR count). The van der Waals surface area contributed by atoms with E-state index in [1.54, 1.807) is 24.5 Å². The van der Waals surface area contributed by atoms with Crippen LogP contribution in [0.4, 0.5) is 17.3 Å². The van der Waals surface area contributed by atoms with Gasteiger partial charge in [-0.25, -0.2) is 9.97 Å². The van der Waals surface area contributed by atoms with E-state index < -0.39 is 0 Å². The first-order chi connectivity index (χ1) is 19.0. The molecule has 1 fully saturated rings. The van der Waals surface area contributed by atoms with Crippen molar-refractivity contribution in [2.24, 2.45) is 0 Å². The van der Waals surface area contributed by atoms with Gasteiger partial charge < -0.3 is 15.5 Å². The molecule has 0 saturated carbocycles. The standard InChI is InChI=1S/C30H30N8O/c1-21-28(36-30-32-12-11-27(35-30)24-7-3-22(18-31)4-8-24)17-26(19-33-21)34-29(39)25-9-5-23(6-10-25)20-38-15-13-37(2)14-16-38/h3-12,17,19H,13-16,20H2,1-2H3,(H,34,39)(H,32,35,36). The highest BCUT2D eigenvalue weighted by atomic mass is 16.1. The highest BCUT2D eigenvalue weighted by Crippen LogP contribution is 2.23. The number of hydrogen-bond acceptors (Lipinski definition) is 8. The van der Waals surface area contributed by atoms with Crippen molar-refractivity contribution in [2.75, 3.05) is 43.9 Å². The molecular formula is C30H30N8O. The number of nitriles is 1. The van der Waals surface area contributed by atoms with Crippen LogP contribution in [0.15, 0.2) is 73.1 Å². The summed E-state index contributed by atoms with van der Waals surface area (Å²) in [7, 11) is 2.15. The van der Waals surface area contributed by atoms with E-state index in [4.69, 9.17) is 5.26 Å². The third kappa shape index (κ3) is 6.62. The van der Waals surface area contributed by atoms with Gasteiger partial charge in [0.1, 0.15) is 0 Å².